The summed E-state index contributed by atoms with van der Waals surface area (Å²) in [5.74, 6) is -4.46. The zero-order chi connectivity index (χ0) is 13.3. The van der Waals surface area contributed by atoms with E-state index in [1.165, 1.54) is 17.0 Å². The highest BCUT2D eigenvalue weighted by atomic mass is 32.1. The van der Waals surface area contributed by atoms with Crippen molar-refractivity contribution in [1.29, 1.82) is 0 Å². The fourth-order valence-corrected chi connectivity index (χ4v) is 2.50. The van der Waals surface area contributed by atoms with Crippen LogP contribution in [0.1, 0.15) is 22.2 Å². The van der Waals surface area contributed by atoms with Gasteiger partial charge in [-0.1, -0.05) is 24.3 Å². The molecule has 94 valence electrons. The molecule has 0 aliphatic rings. The van der Waals surface area contributed by atoms with E-state index in [4.69, 9.17) is 0 Å². The van der Waals surface area contributed by atoms with E-state index < -0.39 is 11.7 Å². The highest BCUT2D eigenvalue weighted by molar-refractivity contribution is 7.15. The minimum atomic E-state index is -3.32. The van der Waals surface area contributed by atoms with E-state index in [1.807, 2.05) is 19.1 Å². The maximum atomic E-state index is 12.9. The van der Waals surface area contributed by atoms with Crippen LogP contribution in [0.4, 0.5) is 8.78 Å². The summed E-state index contributed by atoms with van der Waals surface area (Å²) in [5, 5.41) is 0. The van der Waals surface area contributed by atoms with Crippen molar-refractivity contribution in [2.75, 3.05) is 0 Å². The summed E-state index contributed by atoms with van der Waals surface area (Å²) in [6.07, 6.45) is 0. The first-order valence-electron chi connectivity index (χ1n) is 5.47. The third-order valence-corrected chi connectivity index (χ3v) is 3.62. The first-order chi connectivity index (χ1) is 8.38. The lowest BCUT2D eigenvalue weighted by atomic mass is 10.0. The van der Waals surface area contributed by atoms with Gasteiger partial charge in [0.05, 0.1) is 0 Å². The lowest BCUT2D eigenvalue weighted by Gasteiger charge is -2.08. The van der Waals surface area contributed by atoms with Crippen LogP contribution in [0.2, 0.25) is 0 Å². The smallest absolute Gasteiger partial charge is 0.287 e. The molecule has 0 aliphatic carbocycles. The Labute approximate surface area is 108 Å². The number of ketones is 1. The third kappa shape index (κ3) is 2.64. The van der Waals surface area contributed by atoms with E-state index >= 15 is 0 Å². The molecule has 0 saturated carbocycles. The molecule has 0 radical (unpaired) electrons. The number of halogens is 2. The minimum Gasteiger partial charge on any atom is -0.287 e. The second-order valence-electron chi connectivity index (χ2n) is 4.21. The molecular weight excluding hydrogens is 254 g/mol. The van der Waals surface area contributed by atoms with Crippen LogP contribution in [0.15, 0.2) is 36.4 Å². The molecule has 0 atom stereocenters. The standard InChI is InChI=1S/C14H12F2OS/c1-9-3-8-12(18-9)10-4-6-11(7-5-10)13(17)14(2,15)16/h3-8H,1-2H3. The Morgan fingerprint density at radius 2 is 1.72 bits per heavy atom. The molecule has 0 saturated heterocycles. The van der Waals surface area contributed by atoms with E-state index in [0.717, 1.165) is 10.4 Å². The Balaban J connectivity index is 2.28. The molecule has 2 aromatic rings. The van der Waals surface area contributed by atoms with Gasteiger partial charge in [0.2, 0.25) is 5.78 Å². The van der Waals surface area contributed by atoms with Crippen LogP contribution in [0.5, 0.6) is 0 Å². The zero-order valence-corrected chi connectivity index (χ0v) is 10.9. The molecule has 2 rings (SSSR count). The normalized spacial score (nSPS) is 11.6. The zero-order valence-electron chi connectivity index (χ0n) is 10.0. The monoisotopic (exact) mass is 266 g/mol. The maximum Gasteiger partial charge on any atom is 0.307 e. The van der Waals surface area contributed by atoms with E-state index in [9.17, 15) is 13.6 Å². The van der Waals surface area contributed by atoms with Gasteiger partial charge in [-0.2, -0.15) is 8.78 Å². The summed E-state index contributed by atoms with van der Waals surface area (Å²) in [5.41, 5.74) is 0.976. The van der Waals surface area contributed by atoms with Crippen molar-refractivity contribution in [3.63, 3.8) is 0 Å². The van der Waals surface area contributed by atoms with E-state index in [2.05, 4.69) is 0 Å². The molecule has 1 aromatic carbocycles. The number of alkyl halides is 2. The Morgan fingerprint density at radius 3 is 2.17 bits per heavy atom. The maximum absolute atomic E-state index is 12.9. The summed E-state index contributed by atoms with van der Waals surface area (Å²) >= 11 is 1.63. The van der Waals surface area contributed by atoms with Crippen LogP contribution in [-0.4, -0.2) is 11.7 Å². The number of Topliss-reactive ketones (excluding diaryl/α,β-unsaturated/α-hetero) is 1. The summed E-state index contributed by atoms with van der Waals surface area (Å²) in [6, 6.07) is 10.3. The Kier molecular flexibility index (Phi) is 3.30. The predicted molar refractivity (Wildman–Crippen MR) is 69.4 cm³/mol. The molecule has 0 spiro atoms. The second-order valence-corrected chi connectivity index (χ2v) is 5.49. The summed E-state index contributed by atoms with van der Waals surface area (Å²) < 4.78 is 25.8. The second kappa shape index (κ2) is 4.61. The topological polar surface area (TPSA) is 17.1 Å². The number of rotatable bonds is 3. The van der Waals surface area contributed by atoms with E-state index in [-0.39, 0.29) is 5.56 Å². The molecule has 1 nitrogen and oxygen atoms in total. The van der Waals surface area contributed by atoms with Gasteiger partial charge in [-0.25, -0.2) is 0 Å². The number of aryl methyl sites for hydroxylation is 1. The highest BCUT2D eigenvalue weighted by Crippen LogP contribution is 2.28. The van der Waals surface area contributed by atoms with Crippen LogP contribution in [0, 0.1) is 6.92 Å². The fourth-order valence-electron chi connectivity index (χ4n) is 1.63. The van der Waals surface area contributed by atoms with Crippen LogP contribution < -0.4 is 0 Å². The molecule has 0 fully saturated rings. The molecule has 0 amide bonds. The van der Waals surface area contributed by atoms with Crippen molar-refractivity contribution in [3.05, 3.63) is 46.8 Å². The van der Waals surface area contributed by atoms with Crippen LogP contribution in [-0.2, 0) is 0 Å². The van der Waals surface area contributed by atoms with Crippen LogP contribution in [0.3, 0.4) is 0 Å². The largest absolute Gasteiger partial charge is 0.307 e. The van der Waals surface area contributed by atoms with E-state index in [1.54, 1.807) is 23.5 Å². The number of hydrogen-bond donors (Lipinski definition) is 0. The van der Waals surface area contributed by atoms with Gasteiger partial charge >= 0.3 is 5.92 Å². The molecule has 1 heterocycles. The first-order valence-corrected chi connectivity index (χ1v) is 6.29. The van der Waals surface area contributed by atoms with Gasteiger partial charge in [0, 0.05) is 22.2 Å². The Bertz CT molecular complexity index is 564. The lowest BCUT2D eigenvalue weighted by molar-refractivity contribution is 0.0221. The molecule has 0 bridgehead atoms. The number of benzene rings is 1. The highest BCUT2D eigenvalue weighted by Gasteiger charge is 2.32. The van der Waals surface area contributed by atoms with Crippen molar-refractivity contribution in [2.45, 2.75) is 19.8 Å². The van der Waals surface area contributed by atoms with Gasteiger partial charge in [-0.15, -0.1) is 11.3 Å². The first kappa shape index (κ1) is 12.9. The van der Waals surface area contributed by atoms with Crippen molar-refractivity contribution in [2.24, 2.45) is 0 Å². The SMILES string of the molecule is Cc1ccc(-c2ccc(C(=O)C(C)(F)F)cc2)s1. The number of carbonyl (C=O) groups is 1. The third-order valence-electron chi connectivity index (χ3n) is 2.57. The van der Waals surface area contributed by atoms with Gasteiger partial charge in [-0.05, 0) is 24.6 Å². The van der Waals surface area contributed by atoms with Gasteiger partial charge in [0.15, 0.2) is 0 Å². The summed E-state index contributed by atoms with van der Waals surface area (Å²) in [6.45, 7) is 2.62. The molecule has 0 N–H and O–H groups in total. The molecule has 4 heteroatoms. The van der Waals surface area contributed by atoms with Gasteiger partial charge in [0.1, 0.15) is 0 Å². The Hall–Kier alpha value is -1.55. The van der Waals surface area contributed by atoms with Gasteiger partial charge < -0.3 is 0 Å². The summed E-state index contributed by atoms with van der Waals surface area (Å²) in [7, 11) is 0. The lowest BCUT2D eigenvalue weighted by Crippen LogP contribution is -2.24. The number of carbonyl (C=O) groups excluding carboxylic acids is 1. The molecule has 18 heavy (non-hydrogen) atoms. The van der Waals surface area contributed by atoms with Crippen molar-refractivity contribution in [3.8, 4) is 10.4 Å². The van der Waals surface area contributed by atoms with Crippen molar-refractivity contribution >= 4 is 17.1 Å². The Morgan fingerprint density at radius 1 is 1.11 bits per heavy atom. The molecule has 0 aliphatic heterocycles. The van der Waals surface area contributed by atoms with Crippen molar-refractivity contribution < 1.29 is 13.6 Å². The number of thiophene rings is 1. The molecule has 0 unspecified atom stereocenters. The van der Waals surface area contributed by atoms with E-state index in [0.29, 0.717) is 6.92 Å². The number of hydrogen-bond acceptors (Lipinski definition) is 2. The molecule has 1 aromatic heterocycles. The van der Waals surface area contributed by atoms with Gasteiger partial charge in [-0.3, -0.25) is 4.79 Å². The van der Waals surface area contributed by atoms with Crippen molar-refractivity contribution in [1.82, 2.24) is 0 Å². The average molecular weight is 266 g/mol. The fraction of sp³-hybridized carbons (Fsp3) is 0.214. The van der Waals surface area contributed by atoms with Gasteiger partial charge in [0.25, 0.3) is 0 Å². The predicted octanol–water partition coefficient (Wildman–Crippen LogP) is 4.56. The quantitative estimate of drug-likeness (QED) is 0.744. The minimum absolute atomic E-state index is 0.0412. The average Bonchev–Trinajstić information content (AvgIpc) is 2.74. The van der Waals surface area contributed by atoms with Crippen LogP contribution in [0.25, 0.3) is 10.4 Å². The molecular formula is C14H12F2OS. The summed E-state index contributed by atoms with van der Waals surface area (Å²) in [4.78, 5) is 13.6. The van der Waals surface area contributed by atoms with Crippen LogP contribution >= 0.6 is 11.3 Å².